The van der Waals surface area contributed by atoms with Crippen molar-refractivity contribution in [3.8, 4) is 0 Å². The second-order valence-electron chi connectivity index (χ2n) is 9.53. The van der Waals surface area contributed by atoms with E-state index >= 15 is 0 Å². The number of carboxylic acid groups (broad SMARTS) is 1. The van der Waals surface area contributed by atoms with Gasteiger partial charge in [0.25, 0.3) is 8.32 Å². The molecule has 0 radical (unpaired) electrons. The van der Waals surface area contributed by atoms with Crippen molar-refractivity contribution >= 4 is 24.7 Å². The highest BCUT2D eigenvalue weighted by Crippen LogP contribution is 2.45. The Hall–Kier alpha value is -2.70. The van der Waals surface area contributed by atoms with Crippen LogP contribution in [0.5, 0.6) is 0 Å². The molecule has 0 unspecified atom stereocenters. The first-order valence-electron chi connectivity index (χ1n) is 11.9. The molecule has 0 bridgehead atoms. The van der Waals surface area contributed by atoms with Gasteiger partial charge in [-0.2, -0.15) is 0 Å². The lowest BCUT2D eigenvalue weighted by Crippen LogP contribution is -2.64. The van der Waals surface area contributed by atoms with Crippen LogP contribution in [0.15, 0.2) is 65.1 Å². The zero-order valence-electron chi connectivity index (χ0n) is 19.7. The van der Waals surface area contributed by atoms with Crippen LogP contribution >= 0.6 is 0 Å². The van der Waals surface area contributed by atoms with Crippen LogP contribution in [0.4, 0.5) is 0 Å². The molecule has 0 saturated heterocycles. The van der Waals surface area contributed by atoms with Gasteiger partial charge in [0.1, 0.15) is 5.60 Å². The molecule has 0 aliphatic heterocycles. The quantitative estimate of drug-likeness (QED) is 0.461. The Kier molecular flexibility index (Phi) is 6.86. The van der Waals surface area contributed by atoms with Gasteiger partial charge < -0.3 is 13.9 Å². The van der Waals surface area contributed by atoms with Gasteiger partial charge >= 0.3 is 5.97 Å². The summed E-state index contributed by atoms with van der Waals surface area (Å²) in [7, 11) is -2.78. The van der Waals surface area contributed by atoms with E-state index in [1.54, 1.807) is 6.92 Å². The van der Waals surface area contributed by atoms with E-state index in [0.29, 0.717) is 17.6 Å². The summed E-state index contributed by atoms with van der Waals surface area (Å²) in [5.74, 6) is 0.0882. The third-order valence-corrected chi connectivity index (χ3v) is 11.2. The number of oxazole rings is 1. The third kappa shape index (κ3) is 4.68. The standard InChI is InChI=1S/C27H33NO4Si/c1-20(2)19-33(22-13-7-4-8-14-22,23-15-9-5-10-16-23)32-27(17-11-6-12-18-27)25-24(26(29)30)28-21(3)31-25/h4-5,7-10,13-16,20H,6,11-12,17-19H2,1-3H3,(H,29,30). The van der Waals surface area contributed by atoms with Gasteiger partial charge in [-0.3, -0.25) is 0 Å². The first kappa shape index (κ1) is 23.5. The van der Waals surface area contributed by atoms with E-state index in [2.05, 4.69) is 67.4 Å². The van der Waals surface area contributed by atoms with Crippen molar-refractivity contribution in [3.05, 3.63) is 78.0 Å². The lowest BCUT2D eigenvalue weighted by atomic mass is 9.82. The number of hydrogen-bond donors (Lipinski definition) is 1. The number of rotatable bonds is 8. The lowest BCUT2D eigenvalue weighted by molar-refractivity contribution is -0.00233. The van der Waals surface area contributed by atoms with Gasteiger partial charge in [-0.1, -0.05) is 93.8 Å². The second-order valence-corrected chi connectivity index (χ2v) is 13.0. The summed E-state index contributed by atoms with van der Waals surface area (Å²) in [6.45, 7) is 6.16. The van der Waals surface area contributed by atoms with Gasteiger partial charge in [0.2, 0.25) is 0 Å². The maximum absolute atomic E-state index is 12.1. The summed E-state index contributed by atoms with van der Waals surface area (Å²) in [4.78, 5) is 16.4. The van der Waals surface area contributed by atoms with Crippen molar-refractivity contribution in [2.24, 2.45) is 5.92 Å². The Morgan fingerprint density at radius 3 is 2.06 bits per heavy atom. The molecule has 1 heterocycles. The number of aromatic nitrogens is 1. The van der Waals surface area contributed by atoms with Crippen LogP contribution < -0.4 is 10.4 Å². The maximum atomic E-state index is 12.1. The van der Waals surface area contributed by atoms with Crippen LogP contribution in [-0.2, 0) is 10.0 Å². The predicted octanol–water partition coefficient (Wildman–Crippen LogP) is 5.27. The summed E-state index contributed by atoms with van der Waals surface area (Å²) in [6.07, 6.45) is 4.50. The first-order chi connectivity index (χ1) is 15.9. The predicted molar refractivity (Wildman–Crippen MR) is 132 cm³/mol. The zero-order valence-corrected chi connectivity index (χ0v) is 20.7. The molecule has 0 amide bonds. The number of hydrogen-bond acceptors (Lipinski definition) is 4. The van der Waals surface area contributed by atoms with Crippen molar-refractivity contribution in [1.82, 2.24) is 4.98 Å². The van der Waals surface area contributed by atoms with Gasteiger partial charge in [0, 0.05) is 6.92 Å². The average Bonchev–Trinajstić information content (AvgIpc) is 3.23. The highest BCUT2D eigenvalue weighted by Gasteiger charge is 2.51. The summed E-state index contributed by atoms with van der Waals surface area (Å²) in [5, 5.41) is 12.3. The molecule has 4 rings (SSSR count). The van der Waals surface area contributed by atoms with Crippen LogP contribution in [0.2, 0.25) is 6.04 Å². The van der Waals surface area contributed by atoms with E-state index in [9.17, 15) is 9.90 Å². The largest absolute Gasteiger partial charge is 0.476 e. The highest BCUT2D eigenvalue weighted by atomic mass is 28.4. The molecule has 174 valence electrons. The van der Waals surface area contributed by atoms with E-state index in [4.69, 9.17) is 8.84 Å². The first-order valence-corrected chi connectivity index (χ1v) is 14.0. The molecule has 2 aromatic carbocycles. The number of carbonyl (C=O) groups is 1. The molecule has 1 aliphatic carbocycles. The highest BCUT2D eigenvalue weighted by molar-refractivity contribution is 6.97. The van der Waals surface area contributed by atoms with Crippen molar-refractivity contribution in [1.29, 1.82) is 0 Å². The van der Waals surface area contributed by atoms with E-state index in [1.165, 1.54) is 10.4 Å². The van der Waals surface area contributed by atoms with Crippen molar-refractivity contribution in [3.63, 3.8) is 0 Å². The lowest BCUT2D eigenvalue weighted by Gasteiger charge is -2.45. The Balaban J connectivity index is 1.95. The smallest absolute Gasteiger partial charge is 0.358 e. The molecule has 0 spiro atoms. The van der Waals surface area contributed by atoms with Crippen LogP contribution in [0.1, 0.15) is 68.1 Å². The topological polar surface area (TPSA) is 72.6 Å². The summed E-state index contributed by atoms with van der Waals surface area (Å²) >= 11 is 0. The molecule has 1 fully saturated rings. The maximum Gasteiger partial charge on any atom is 0.358 e. The normalized spacial score (nSPS) is 16.1. The number of aryl methyl sites for hydroxylation is 1. The second kappa shape index (κ2) is 9.65. The number of aromatic carboxylic acids is 1. The van der Waals surface area contributed by atoms with E-state index in [0.717, 1.165) is 38.1 Å². The number of carboxylic acids is 1. The minimum Gasteiger partial charge on any atom is -0.476 e. The van der Waals surface area contributed by atoms with E-state index in [-0.39, 0.29) is 5.69 Å². The molecular weight excluding hydrogens is 430 g/mol. The fourth-order valence-electron chi connectivity index (χ4n) is 5.26. The Labute approximate surface area is 197 Å². The Morgan fingerprint density at radius 2 is 1.58 bits per heavy atom. The average molecular weight is 464 g/mol. The summed E-state index contributed by atoms with van der Waals surface area (Å²) < 4.78 is 13.5. The fraction of sp³-hybridized carbons (Fsp3) is 0.407. The minimum absolute atomic E-state index is 0.0111. The molecule has 5 nitrogen and oxygen atoms in total. The molecule has 1 aliphatic rings. The van der Waals surface area contributed by atoms with Gasteiger partial charge in [0.05, 0.1) is 0 Å². The SMILES string of the molecule is Cc1nc(C(=O)O)c(C2(O[Si](CC(C)C)(c3ccccc3)c3ccccc3)CCCCC2)o1. The van der Waals surface area contributed by atoms with Crippen molar-refractivity contribution in [2.75, 3.05) is 0 Å². The molecule has 6 heteroatoms. The van der Waals surface area contributed by atoms with Gasteiger partial charge in [-0.15, -0.1) is 0 Å². The Bertz CT molecular complexity index is 1030. The van der Waals surface area contributed by atoms with Crippen molar-refractivity contribution in [2.45, 2.75) is 64.5 Å². The monoisotopic (exact) mass is 463 g/mol. The zero-order chi connectivity index (χ0) is 23.5. The molecule has 33 heavy (non-hydrogen) atoms. The van der Waals surface area contributed by atoms with E-state index in [1.807, 2.05) is 12.1 Å². The van der Waals surface area contributed by atoms with Crippen LogP contribution in [0, 0.1) is 12.8 Å². The fourth-order valence-corrected chi connectivity index (χ4v) is 9.96. The minimum atomic E-state index is -2.78. The van der Waals surface area contributed by atoms with E-state index < -0.39 is 19.9 Å². The van der Waals surface area contributed by atoms with Gasteiger partial charge in [0.15, 0.2) is 17.3 Å². The molecule has 3 aromatic rings. The summed E-state index contributed by atoms with van der Waals surface area (Å²) in [5.41, 5.74) is -0.817. The molecular formula is C27H33NO4Si. The molecule has 1 N–H and O–H groups in total. The van der Waals surface area contributed by atoms with Gasteiger partial charge in [-0.05, 0) is 35.2 Å². The van der Waals surface area contributed by atoms with Gasteiger partial charge in [-0.25, -0.2) is 9.78 Å². The van der Waals surface area contributed by atoms with Crippen molar-refractivity contribution < 1.29 is 18.7 Å². The third-order valence-electron chi connectivity index (χ3n) is 6.56. The molecule has 0 atom stereocenters. The van der Waals surface area contributed by atoms with Crippen LogP contribution in [0.3, 0.4) is 0 Å². The molecule has 1 saturated carbocycles. The Morgan fingerprint density at radius 1 is 1.03 bits per heavy atom. The molecule has 1 aromatic heterocycles. The number of nitrogens with zero attached hydrogens (tertiary/aromatic N) is 1. The number of benzene rings is 2. The van der Waals surface area contributed by atoms with Crippen LogP contribution in [-0.4, -0.2) is 24.4 Å². The summed E-state index contributed by atoms with van der Waals surface area (Å²) in [6, 6.07) is 21.9. The van der Waals surface area contributed by atoms with Crippen LogP contribution in [0.25, 0.3) is 0 Å².